The third-order valence-electron chi connectivity index (χ3n) is 2.03. The molecule has 0 heterocycles. The van der Waals surface area contributed by atoms with E-state index in [4.69, 9.17) is 58.7 Å². The Morgan fingerprint density at radius 3 is 0.759 bits per heavy atom. The van der Waals surface area contributed by atoms with E-state index in [0.717, 1.165) is 6.92 Å². The van der Waals surface area contributed by atoms with Crippen LogP contribution in [0.15, 0.2) is 0 Å². The molecule has 0 saturated heterocycles. The molecule has 180 valence electrons. The molecule has 14 N–H and O–H groups in total. The molecule has 0 aliphatic carbocycles. The van der Waals surface area contributed by atoms with Crippen LogP contribution in [0.2, 0.25) is 0 Å². The van der Waals surface area contributed by atoms with Crippen molar-refractivity contribution in [3.05, 3.63) is 0 Å². The Balaban J connectivity index is -0.000000350. The van der Waals surface area contributed by atoms with Gasteiger partial charge < -0.3 is 64.5 Å². The van der Waals surface area contributed by atoms with E-state index in [0.29, 0.717) is 0 Å². The van der Waals surface area contributed by atoms with Gasteiger partial charge in [-0.15, -0.1) is 0 Å². The van der Waals surface area contributed by atoms with E-state index < -0.39 is 62.4 Å². The van der Waals surface area contributed by atoms with Gasteiger partial charge in [-0.2, -0.15) is 0 Å². The van der Waals surface area contributed by atoms with Crippen LogP contribution in [0.25, 0.3) is 0 Å². The van der Waals surface area contributed by atoms with Crippen LogP contribution in [0.1, 0.15) is 6.92 Å². The Morgan fingerprint density at radius 1 is 0.552 bits per heavy atom. The summed E-state index contributed by atoms with van der Waals surface area (Å²) < 4.78 is 60.2. The average Bonchev–Trinajstić information content (AvgIpc) is 2.29. The fourth-order valence-corrected chi connectivity index (χ4v) is 5.69. The highest BCUT2D eigenvalue weighted by molar-refractivity contribution is 7.71. The fourth-order valence-electron chi connectivity index (χ4n) is 0.632. The highest BCUT2D eigenvalue weighted by Crippen LogP contribution is 2.59. The van der Waals surface area contributed by atoms with Gasteiger partial charge in [0.25, 0.3) is 0 Å². The average molecular weight is 557 g/mol. The molecule has 25 heteroatoms. The van der Waals surface area contributed by atoms with Gasteiger partial charge >= 0.3 is 45.6 Å². The van der Waals surface area contributed by atoms with E-state index in [2.05, 4.69) is 5.73 Å². The molecule has 0 spiro atoms. The Bertz CT molecular complexity index is 673. The van der Waals surface area contributed by atoms with Crippen molar-refractivity contribution in [2.75, 3.05) is 5.90 Å². The van der Waals surface area contributed by atoms with Crippen molar-refractivity contribution < 1.29 is 86.1 Å². The van der Waals surface area contributed by atoms with E-state index in [9.17, 15) is 27.4 Å². The standard InChI is InChI=1S/C2H8O6P2.CH7NO6P2.CH6O6P2/c1-2(9(3,4)5)10(6,7)8;2-1(9(3,4)5)10(6,7)8;2-8(3,4)1-9(5,6)7/h2H,1H3,(H2,3,4,5)(H2,6,7,8);1H,2H2,(H2,3,4,5)(H2,6,7,8);1H2,(H2,2,3,4)(H2,5,6,7). The Morgan fingerprint density at radius 2 is 0.759 bits per heavy atom. The van der Waals surface area contributed by atoms with E-state index in [1.165, 1.54) is 0 Å². The first-order chi connectivity index (χ1) is 12.0. The van der Waals surface area contributed by atoms with Crippen molar-refractivity contribution in [3.8, 4) is 0 Å². The van der Waals surface area contributed by atoms with Crippen molar-refractivity contribution in [2.24, 2.45) is 5.73 Å². The second kappa shape index (κ2) is 11.6. The molecular weight excluding hydrogens is 536 g/mol. The molecule has 0 bridgehead atoms. The van der Waals surface area contributed by atoms with Gasteiger partial charge in [0.2, 0.25) is 5.52 Å². The number of nitrogens with two attached hydrogens (primary N) is 1. The van der Waals surface area contributed by atoms with Gasteiger partial charge in [0, 0.05) is 0 Å². The lowest BCUT2D eigenvalue weighted by molar-refractivity contribution is 0.336. The van der Waals surface area contributed by atoms with Crippen molar-refractivity contribution in [1.29, 1.82) is 0 Å². The summed E-state index contributed by atoms with van der Waals surface area (Å²) >= 11 is 0. The molecule has 0 fully saturated rings. The van der Waals surface area contributed by atoms with E-state index in [1.807, 2.05) is 0 Å². The van der Waals surface area contributed by atoms with E-state index in [-0.39, 0.29) is 0 Å². The molecule has 0 radical (unpaired) electrons. The van der Waals surface area contributed by atoms with Crippen LogP contribution >= 0.6 is 45.6 Å². The summed E-state index contributed by atoms with van der Waals surface area (Å²) in [6.07, 6.45) is 0. The summed E-state index contributed by atoms with van der Waals surface area (Å²) in [5.41, 5.74) is 2.10. The maximum absolute atomic E-state index is 10.2. The van der Waals surface area contributed by atoms with Crippen LogP contribution in [0.4, 0.5) is 0 Å². The van der Waals surface area contributed by atoms with Crippen molar-refractivity contribution >= 4 is 45.6 Å². The van der Waals surface area contributed by atoms with Gasteiger partial charge in [0.1, 0.15) is 0 Å². The zero-order chi connectivity index (χ0) is 24.9. The maximum atomic E-state index is 10.2. The first kappa shape index (κ1) is 34.5. The van der Waals surface area contributed by atoms with E-state index >= 15 is 0 Å². The van der Waals surface area contributed by atoms with Gasteiger partial charge in [-0.05, 0) is 6.92 Å². The number of rotatable bonds is 6. The quantitative estimate of drug-likeness (QED) is 0.151. The van der Waals surface area contributed by atoms with Gasteiger partial charge in [0.05, 0.1) is 0 Å². The minimum absolute atomic E-state index is 0.807. The second-order valence-corrected chi connectivity index (χ2v) is 16.9. The van der Waals surface area contributed by atoms with Gasteiger partial charge in [-0.25, -0.2) is 0 Å². The normalized spacial score (nSPS) is 14.1. The summed E-state index contributed by atoms with van der Waals surface area (Å²) in [5, 5.41) is -1.90. The predicted molar refractivity (Wildman–Crippen MR) is 94.6 cm³/mol. The number of hydrogen-bond donors (Lipinski definition) is 13. The second-order valence-electron chi connectivity index (χ2n) is 4.87. The van der Waals surface area contributed by atoms with Crippen LogP contribution in [0, 0.1) is 0 Å². The zero-order valence-corrected chi connectivity index (χ0v) is 19.3. The van der Waals surface area contributed by atoms with Gasteiger partial charge in [-0.1, -0.05) is 0 Å². The Hall–Kier alpha value is 0.860. The SMILES string of the molecule is CC(P(=O)(O)O)P(=O)(O)O.NC(P(=O)(O)O)P(=O)(O)O.O=P(O)(O)CP(=O)(O)O. The van der Waals surface area contributed by atoms with Crippen molar-refractivity contribution in [2.45, 2.75) is 17.8 Å². The minimum atomic E-state index is -4.86. The molecule has 0 aliphatic rings. The summed E-state index contributed by atoms with van der Waals surface area (Å²) in [6, 6.07) is 0. The summed E-state index contributed by atoms with van der Waals surface area (Å²) in [5.74, 6) is -1.38. The van der Waals surface area contributed by atoms with Crippen molar-refractivity contribution in [1.82, 2.24) is 0 Å². The fraction of sp³-hybridized carbons (Fsp3) is 1.00. The van der Waals surface area contributed by atoms with Crippen LogP contribution in [0.3, 0.4) is 0 Å². The predicted octanol–water partition coefficient (Wildman–Crippen LogP) is -2.43. The van der Waals surface area contributed by atoms with Gasteiger partial charge in [-0.3, -0.25) is 27.4 Å². The molecule has 0 aromatic heterocycles. The molecule has 29 heavy (non-hydrogen) atoms. The highest BCUT2D eigenvalue weighted by atomic mass is 31.2. The topological polar surface area (TPSA) is 371 Å². The third-order valence-corrected chi connectivity index (χ3v) is 11.9. The van der Waals surface area contributed by atoms with Crippen LogP contribution < -0.4 is 5.73 Å². The molecular formula is C4H21NO18P6. The molecule has 19 nitrogen and oxygen atoms in total. The first-order valence-electron chi connectivity index (χ1n) is 6.07. The number of hydrogen-bond acceptors (Lipinski definition) is 7. The molecule has 0 unspecified atom stereocenters. The van der Waals surface area contributed by atoms with Crippen LogP contribution in [-0.4, -0.2) is 75.5 Å². The lowest BCUT2D eigenvalue weighted by Crippen LogP contribution is -2.19. The van der Waals surface area contributed by atoms with Crippen molar-refractivity contribution in [3.63, 3.8) is 0 Å². The van der Waals surface area contributed by atoms with Crippen LogP contribution in [0.5, 0.6) is 0 Å². The summed E-state index contributed by atoms with van der Waals surface area (Å²) in [7, 11) is -28.1. The Labute approximate surface area is 161 Å². The summed E-state index contributed by atoms with van der Waals surface area (Å²) in [6.45, 7) is 0.807. The summed E-state index contributed by atoms with van der Waals surface area (Å²) in [4.78, 5) is 97.3. The lowest BCUT2D eigenvalue weighted by Gasteiger charge is -2.13. The van der Waals surface area contributed by atoms with E-state index in [1.54, 1.807) is 0 Å². The monoisotopic (exact) mass is 557 g/mol. The molecule has 0 rings (SSSR count). The smallest absolute Gasteiger partial charge is 0.324 e. The molecule has 0 atom stereocenters. The minimum Gasteiger partial charge on any atom is -0.324 e. The maximum Gasteiger partial charge on any atom is 0.354 e. The zero-order valence-electron chi connectivity index (χ0n) is 13.9. The third kappa shape index (κ3) is 21.9. The first-order valence-corrected chi connectivity index (χ1v) is 16.4. The van der Waals surface area contributed by atoms with Gasteiger partial charge in [0.15, 0.2) is 11.3 Å². The van der Waals surface area contributed by atoms with Crippen LogP contribution in [-0.2, 0) is 27.4 Å². The highest BCUT2D eigenvalue weighted by Gasteiger charge is 2.40. The molecule has 0 aromatic rings. The molecule has 0 aromatic carbocycles. The Kier molecular flexibility index (Phi) is 13.8. The molecule has 0 saturated carbocycles. The molecule has 0 amide bonds. The largest absolute Gasteiger partial charge is 0.354 e. The molecule has 0 aliphatic heterocycles. The lowest BCUT2D eigenvalue weighted by atomic mass is 11.0.